The van der Waals surface area contributed by atoms with Gasteiger partial charge in [-0.25, -0.2) is 13.1 Å². The maximum Gasteiger partial charge on any atom is 0.242 e. The van der Waals surface area contributed by atoms with E-state index in [9.17, 15) is 13.2 Å². The molecule has 1 atom stereocenters. The fraction of sp³-hybridized carbons (Fsp3) is 0.273. The van der Waals surface area contributed by atoms with Crippen molar-refractivity contribution in [3.8, 4) is 6.07 Å². The van der Waals surface area contributed by atoms with Crippen molar-refractivity contribution in [3.63, 3.8) is 0 Å². The molecule has 0 aromatic heterocycles. The maximum atomic E-state index is 11.9. The van der Waals surface area contributed by atoms with Crippen LogP contribution in [0.1, 0.15) is 19.4 Å². The molecule has 0 amide bonds. The number of hydrogen-bond acceptors (Lipinski definition) is 4. The summed E-state index contributed by atoms with van der Waals surface area (Å²) in [5, 5.41) is 8.82. The largest absolute Gasteiger partial charge is 0.298 e. The second-order valence-corrected chi connectivity index (χ2v) is 5.24. The smallest absolute Gasteiger partial charge is 0.242 e. The van der Waals surface area contributed by atoms with Gasteiger partial charge in [0.25, 0.3) is 0 Å². The van der Waals surface area contributed by atoms with Crippen LogP contribution in [0.25, 0.3) is 0 Å². The van der Waals surface area contributed by atoms with Gasteiger partial charge in [0.15, 0.2) is 0 Å². The van der Waals surface area contributed by atoms with E-state index in [0.717, 1.165) is 0 Å². The highest BCUT2D eigenvalue weighted by Crippen LogP contribution is 2.14. The van der Waals surface area contributed by atoms with Crippen LogP contribution in [-0.4, -0.2) is 20.2 Å². The Bertz CT molecular complexity index is 573. The molecule has 1 rings (SSSR count). The minimum absolute atomic E-state index is 0.0516. The van der Waals surface area contributed by atoms with E-state index in [1.165, 1.54) is 32.0 Å². The SMILES string of the molecule is CC(=O)C(C)NS(=O)(=O)c1ccccc1C#N. The third-order valence-electron chi connectivity index (χ3n) is 2.24. The predicted octanol–water partition coefficient (Wildman–Crippen LogP) is 0.814. The normalized spacial score (nSPS) is 12.8. The lowest BCUT2D eigenvalue weighted by atomic mass is 10.2. The van der Waals surface area contributed by atoms with E-state index in [1.807, 2.05) is 0 Å². The van der Waals surface area contributed by atoms with Crippen molar-refractivity contribution in [2.24, 2.45) is 0 Å². The summed E-state index contributed by atoms with van der Waals surface area (Å²) in [7, 11) is -3.84. The van der Waals surface area contributed by atoms with Crippen molar-refractivity contribution in [3.05, 3.63) is 29.8 Å². The Morgan fingerprint density at radius 2 is 2.00 bits per heavy atom. The first-order valence-corrected chi connectivity index (χ1v) is 6.38. The molecule has 90 valence electrons. The highest BCUT2D eigenvalue weighted by Gasteiger charge is 2.22. The number of rotatable bonds is 4. The number of ketones is 1. The minimum Gasteiger partial charge on any atom is -0.298 e. The van der Waals surface area contributed by atoms with E-state index in [4.69, 9.17) is 5.26 Å². The van der Waals surface area contributed by atoms with Crippen LogP contribution in [0, 0.1) is 11.3 Å². The van der Waals surface area contributed by atoms with Gasteiger partial charge in [-0.2, -0.15) is 5.26 Å². The molecule has 17 heavy (non-hydrogen) atoms. The van der Waals surface area contributed by atoms with Crippen molar-refractivity contribution >= 4 is 15.8 Å². The van der Waals surface area contributed by atoms with E-state index in [2.05, 4.69) is 4.72 Å². The van der Waals surface area contributed by atoms with Crippen LogP contribution >= 0.6 is 0 Å². The second kappa shape index (κ2) is 5.08. The molecule has 1 aromatic rings. The van der Waals surface area contributed by atoms with Gasteiger partial charge in [-0.05, 0) is 26.0 Å². The molecule has 0 radical (unpaired) electrons. The lowest BCUT2D eigenvalue weighted by Gasteiger charge is -2.11. The van der Waals surface area contributed by atoms with Gasteiger partial charge < -0.3 is 0 Å². The van der Waals surface area contributed by atoms with Gasteiger partial charge in [0, 0.05) is 0 Å². The van der Waals surface area contributed by atoms with Gasteiger partial charge in [-0.3, -0.25) is 4.79 Å². The van der Waals surface area contributed by atoms with E-state index >= 15 is 0 Å². The molecule has 0 fully saturated rings. The van der Waals surface area contributed by atoms with Crippen molar-refractivity contribution < 1.29 is 13.2 Å². The van der Waals surface area contributed by atoms with Gasteiger partial charge in [-0.1, -0.05) is 12.1 Å². The Morgan fingerprint density at radius 3 is 2.53 bits per heavy atom. The zero-order valence-corrected chi connectivity index (χ0v) is 10.3. The lowest BCUT2D eigenvalue weighted by Crippen LogP contribution is -2.37. The van der Waals surface area contributed by atoms with Crippen LogP contribution in [0.15, 0.2) is 29.2 Å². The number of nitriles is 1. The molecule has 1 N–H and O–H groups in total. The van der Waals surface area contributed by atoms with E-state index in [-0.39, 0.29) is 16.2 Å². The molecule has 0 aliphatic heterocycles. The van der Waals surface area contributed by atoms with Crippen LogP contribution in [0.3, 0.4) is 0 Å². The molecule has 0 saturated carbocycles. The Labute approximate surface area is 100 Å². The molecule has 0 bridgehead atoms. The fourth-order valence-electron chi connectivity index (χ4n) is 1.17. The van der Waals surface area contributed by atoms with Crippen molar-refractivity contribution in [2.75, 3.05) is 0 Å². The Hall–Kier alpha value is -1.71. The molecule has 1 aromatic carbocycles. The number of Topliss-reactive ketones (excluding diaryl/α,β-unsaturated/α-hetero) is 1. The molecule has 1 unspecified atom stereocenters. The number of nitrogens with zero attached hydrogens (tertiary/aromatic N) is 1. The third kappa shape index (κ3) is 3.12. The van der Waals surface area contributed by atoms with Crippen LogP contribution in [0.2, 0.25) is 0 Å². The molecular formula is C11H12N2O3S. The zero-order valence-electron chi connectivity index (χ0n) is 9.47. The van der Waals surface area contributed by atoms with Gasteiger partial charge in [-0.15, -0.1) is 0 Å². The maximum absolute atomic E-state index is 11.9. The number of sulfonamides is 1. The first-order valence-electron chi connectivity index (χ1n) is 4.90. The van der Waals surface area contributed by atoms with Gasteiger partial charge >= 0.3 is 0 Å². The van der Waals surface area contributed by atoms with Crippen molar-refractivity contribution in [1.82, 2.24) is 4.72 Å². The summed E-state index contributed by atoms with van der Waals surface area (Å²) in [6.07, 6.45) is 0. The van der Waals surface area contributed by atoms with Gasteiger partial charge in [0.2, 0.25) is 10.0 Å². The number of benzene rings is 1. The summed E-state index contributed by atoms with van der Waals surface area (Å²) in [6, 6.07) is 6.82. The van der Waals surface area contributed by atoms with E-state index in [1.54, 1.807) is 12.1 Å². The predicted molar refractivity (Wildman–Crippen MR) is 61.6 cm³/mol. The van der Waals surface area contributed by atoms with Crippen molar-refractivity contribution in [2.45, 2.75) is 24.8 Å². The average molecular weight is 252 g/mol. The second-order valence-electron chi connectivity index (χ2n) is 3.56. The summed E-state index contributed by atoms with van der Waals surface area (Å²) >= 11 is 0. The molecule has 0 spiro atoms. The quantitative estimate of drug-likeness (QED) is 0.859. The van der Waals surface area contributed by atoms with E-state index in [0.29, 0.717) is 0 Å². The lowest BCUT2D eigenvalue weighted by molar-refractivity contribution is -0.118. The van der Waals surface area contributed by atoms with Gasteiger partial charge in [0.05, 0.1) is 16.5 Å². The third-order valence-corrected chi connectivity index (χ3v) is 3.84. The number of nitrogens with one attached hydrogen (secondary N) is 1. The summed E-state index contributed by atoms with van der Waals surface area (Å²) in [4.78, 5) is 10.9. The fourth-order valence-corrected chi connectivity index (χ4v) is 2.59. The monoisotopic (exact) mass is 252 g/mol. The first-order chi connectivity index (χ1) is 7.88. The van der Waals surface area contributed by atoms with Crippen LogP contribution in [0.5, 0.6) is 0 Å². The van der Waals surface area contributed by atoms with Crippen LogP contribution in [-0.2, 0) is 14.8 Å². The Balaban J connectivity index is 3.15. The summed E-state index contributed by atoms with van der Waals surface area (Å²) in [6.45, 7) is 2.75. The molecule has 0 aliphatic carbocycles. The minimum atomic E-state index is -3.84. The number of carbonyl (C=O) groups excluding carboxylic acids is 1. The van der Waals surface area contributed by atoms with Crippen LogP contribution in [0.4, 0.5) is 0 Å². The van der Waals surface area contributed by atoms with Crippen LogP contribution < -0.4 is 4.72 Å². The number of carbonyl (C=O) groups is 1. The summed E-state index contributed by atoms with van der Waals surface area (Å²) < 4.78 is 26.0. The highest BCUT2D eigenvalue weighted by atomic mass is 32.2. The summed E-state index contributed by atoms with van der Waals surface area (Å²) in [5.41, 5.74) is 0.0516. The first kappa shape index (κ1) is 13.4. The molecule has 6 heteroatoms. The summed E-state index contributed by atoms with van der Waals surface area (Å²) in [5.74, 6) is -0.289. The van der Waals surface area contributed by atoms with Crippen molar-refractivity contribution in [1.29, 1.82) is 5.26 Å². The standard InChI is InChI=1S/C11H12N2O3S/c1-8(9(2)14)13-17(15,16)11-6-4-3-5-10(11)7-12/h3-6,8,13H,1-2H3. The Kier molecular flexibility index (Phi) is 3.99. The molecule has 5 nitrogen and oxygen atoms in total. The van der Waals surface area contributed by atoms with E-state index < -0.39 is 16.1 Å². The molecular weight excluding hydrogens is 240 g/mol. The topological polar surface area (TPSA) is 87.0 Å². The molecule has 0 saturated heterocycles. The van der Waals surface area contributed by atoms with Gasteiger partial charge in [0.1, 0.15) is 11.9 Å². The molecule has 0 aliphatic rings. The zero-order chi connectivity index (χ0) is 13.1. The Morgan fingerprint density at radius 1 is 1.41 bits per heavy atom. The number of hydrogen-bond donors (Lipinski definition) is 1. The molecule has 0 heterocycles. The average Bonchev–Trinajstić information content (AvgIpc) is 2.28. The highest BCUT2D eigenvalue weighted by molar-refractivity contribution is 7.89.